The monoisotopic (exact) mass is 263 g/mol. The van der Waals surface area contributed by atoms with Gasteiger partial charge >= 0.3 is 5.97 Å². The normalized spacial score (nSPS) is 23.7. The van der Waals surface area contributed by atoms with Crippen molar-refractivity contribution >= 4 is 11.9 Å². The maximum atomic E-state index is 12.0. The van der Waals surface area contributed by atoms with E-state index in [0.717, 1.165) is 5.56 Å². The van der Waals surface area contributed by atoms with E-state index in [-0.39, 0.29) is 18.6 Å². The highest BCUT2D eigenvalue weighted by Crippen LogP contribution is 2.31. The second kappa shape index (κ2) is 5.40. The van der Waals surface area contributed by atoms with Crippen molar-refractivity contribution in [2.75, 3.05) is 6.61 Å². The maximum absolute atomic E-state index is 12.0. The van der Waals surface area contributed by atoms with Crippen LogP contribution in [0.5, 0.6) is 0 Å². The third-order valence-electron chi connectivity index (χ3n) is 3.20. The van der Waals surface area contributed by atoms with Crippen LogP contribution in [0, 0.1) is 0 Å². The Kier molecular flexibility index (Phi) is 3.85. The number of carbonyl (C=O) groups is 2. The van der Waals surface area contributed by atoms with Crippen LogP contribution >= 0.6 is 0 Å². The minimum Gasteiger partial charge on any atom is -0.479 e. The summed E-state index contributed by atoms with van der Waals surface area (Å²) in [6.45, 7) is 3.56. The highest BCUT2D eigenvalue weighted by atomic mass is 16.5. The number of ether oxygens (including phenoxy) is 1. The summed E-state index contributed by atoms with van der Waals surface area (Å²) < 4.78 is 5.21. The van der Waals surface area contributed by atoms with Crippen LogP contribution in [0.25, 0.3) is 0 Å². The molecule has 0 spiro atoms. The van der Waals surface area contributed by atoms with Gasteiger partial charge in [0, 0.05) is 6.04 Å². The topological polar surface area (TPSA) is 66.8 Å². The third kappa shape index (κ3) is 2.61. The molecule has 0 aromatic heterocycles. The number of hydrogen-bond donors (Lipinski definition) is 1. The first-order chi connectivity index (χ1) is 9.02. The molecule has 1 fully saturated rings. The van der Waals surface area contributed by atoms with Gasteiger partial charge in [-0.15, -0.1) is 0 Å². The number of amides is 1. The van der Waals surface area contributed by atoms with Crippen molar-refractivity contribution in [1.29, 1.82) is 0 Å². The molecule has 2 atom stereocenters. The molecule has 0 aliphatic carbocycles. The van der Waals surface area contributed by atoms with E-state index < -0.39 is 18.1 Å². The Morgan fingerprint density at radius 1 is 1.37 bits per heavy atom. The van der Waals surface area contributed by atoms with Crippen LogP contribution in [-0.4, -0.2) is 40.6 Å². The van der Waals surface area contributed by atoms with E-state index in [1.807, 2.05) is 44.2 Å². The Bertz CT molecular complexity index is 472. The average Bonchev–Trinajstić information content (AvgIpc) is 2.38. The van der Waals surface area contributed by atoms with E-state index in [1.165, 1.54) is 0 Å². The lowest BCUT2D eigenvalue weighted by Crippen LogP contribution is -2.54. The Labute approximate surface area is 111 Å². The lowest BCUT2D eigenvalue weighted by molar-refractivity contribution is -0.175. The molecule has 1 N–H and O–H groups in total. The fraction of sp³-hybridized carbons (Fsp3) is 0.429. The lowest BCUT2D eigenvalue weighted by Gasteiger charge is -2.41. The Balaban J connectivity index is 2.44. The minimum atomic E-state index is -1.05. The molecule has 1 heterocycles. The second-order valence-corrected chi connectivity index (χ2v) is 4.82. The lowest BCUT2D eigenvalue weighted by atomic mass is 9.96. The van der Waals surface area contributed by atoms with Gasteiger partial charge in [0.1, 0.15) is 6.61 Å². The van der Waals surface area contributed by atoms with Gasteiger partial charge in [0.2, 0.25) is 5.91 Å². The highest BCUT2D eigenvalue weighted by Gasteiger charge is 2.42. The van der Waals surface area contributed by atoms with Crippen LogP contribution in [-0.2, 0) is 14.3 Å². The summed E-state index contributed by atoms with van der Waals surface area (Å²) >= 11 is 0. The summed E-state index contributed by atoms with van der Waals surface area (Å²) in [5, 5.41) is 9.29. The van der Waals surface area contributed by atoms with Crippen LogP contribution in [0.15, 0.2) is 30.3 Å². The molecule has 102 valence electrons. The summed E-state index contributed by atoms with van der Waals surface area (Å²) in [5.41, 5.74) is 0.775. The predicted octanol–water partition coefficient (Wildman–Crippen LogP) is 1.45. The number of carboxylic acids is 1. The smallest absolute Gasteiger partial charge is 0.335 e. The zero-order chi connectivity index (χ0) is 14.0. The molecule has 2 unspecified atom stereocenters. The molecule has 0 bridgehead atoms. The molecule has 0 saturated carbocycles. The van der Waals surface area contributed by atoms with E-state index in [0.29, 0.717) is 0 Å². The quantitative estimate of drug-likeness (QED) is 0.896. The van der Waals surface area contributed by atoms with E-state index in [1.54, 1.807) is 4.90 Å². The number of rotatable bonds is 3. The van der Waals surface area contributed by atoms with Gasteiger partial charge in [0.15, 0.2) is 6.10 Å². The van der Waals surface area contributed by atoms with E-state index >= 15 is 0 Å². The first-order valence-electron chi connectivity index (χ1n) is 6.23. The molecule has 0 radical (unpaired) electrons. The van der Waals surface area contributed by atoms with Gasteiger partial charge in [-0.25, -0.2) is 4.79 Å². The van der Waals surface area contributed by atoms with Gasteiger partial charge in [0.05, 0.1) is 6.04 Å². The first-order valence-corrected chi connectivity index (χ1v) is 6.23. The fourth-order valence-corrected chi connectivity index (χ4v) is 2.43. The van der Waals surface area contributed by atoms with Gasteiger partial charge in [-0.3, -0.25) is 4.79 Å². The van der Waals surface area contributed by atoms with Gasteiger partial charge in [-0.1, -0.05) is 30.3 Å². The first kappa shape index (κ1) is 13.5. The molecule has 5 nitrogen and oxygen atoms in total. The standard InChI is InChI=1S/C14H17NO4/c1-9(2)15-11(16)8-19-13(14(17)18)12(15)10-6-4-3-5-7-10/h3-7,9,12-13H,8H2,1-2H3,(H,17,18). The SMILES string of the molecule is CC(C)N1C(=O)COC(C(=O)O)C1c1ccccc1. The zero-order valence-corrected chi connectivity index (χ0v) is 10.9. The number of benzene rings is 1. The number of nitrogens with zero attached hydrogens (tertiary/aromatic N) is 1. The summed E-state index contributed by atoms with van der Waals surface area (Å²) in [4.78, 5) is 24.9. The number of carboxylic acid groups (broad SMARTS) is 1. The molecule has 1 aliphatic rings. The Hall–Kier alpha value is -1.88. The van der Waals surface area contributed by atoms with Gasteiger partial charge in [-0.2, -0.15) is 0 Å². The largest absolute Gasteiger partial charge is 0.479 e. The Morgan fingerprint density at radius 2 is 2.00 bits per heavy atom. The maximum Gasteiger partial charge on any atom is 0.335 e. The van der Waals surface area contributed by atoms with Crippen molar-refractivity contribution in [2.45, 2.75) is 32.0 Å². The molecule has 19 heavy (non-hydrogen) atoms. The summed E-state index contributed by atoms with van der Waals surface area (Å²) in [6, 6.07) is 8.47. The summed E-state index contributed by atoms with van der Waals surface area (Å²) in [5.74, 6) is -1.23. The van der Waals surface area contributed by atoms with Crippen molar-refractivity contribution in [3.05, 3.63) is 35.9 Å². The fourth-order valence-electron chi connectivity index (χ4n) is 2.43. The zero-order valence-electron chi connectivity index (χ0n) is 10.9. The molecule has 1 saturated heterocycles. The highest BCUT2D eigenvalue weighted by molar-refractivity contribution is 5.83. The van der Waals surface area contributed by atoms with Crippen molar-refractivity contribution < 1.29 is 19.4 Å². The van der Waals surface area contributed by atoms with E-state index in [4.69, 9.17) is 4.74 Å². The molecule has 1 aliphatic heterocycles. The van der Waals surface area contributed by atoms with Crippen LogP contribution in [0.1, 0.15) is 25.5 Å². The molecule has 2 rings (SSSR count). The second-order valence-electron chi connectivity index (χ2n) is 4.82. The van der Waals surface area contributed by atoms with Crippen molar-refractivity contribution in [3.8, 4) is 0 Å². The van der Waals surface area contributed by atoms with E-state index in [9.17, 15) is 14.7 Å². The number of hydrogen-bond acceptors (Lipinski definition) is 3. The molecule has 1 aromatic rings. The van der Waals surface area contributed by atoms with E-state index in [2.05, 4.69) is 0 Å². The molecular formula is C14H17NO4. The average molecular weight is 263 g/mol. The van der Waals surface area contributed by atoms with Crippen LogP contribution < -0.4 is 0 Å². The van der Waals surface area contributed by atoms with Crippen LogP contribution in [0.2, 0.25) is 0 Å². The third-order valence-corrected chi connectivity index (χ3v) is 3.20. The van der Waals surface area contributed by atoms with Gasteiger partial charge < -0.3 is 14.7 Å². The Morgan fingerprint density at radius 3 is 2.53 bits per heavy atom. The van der Waals surface area contributed by atoms with Gasteiger partial charge in [0.25, 0.3) is 0 Å². The van der Waals surface area contributed by atoms with Crippen LogP contribution in [0.4, 0.5) is 0 Å². The summed E-state index contributed by atoms with van der Waals surface area (Å²) in [7, 11) is 0. The van der Waals surface area contributed by atoms with Gasteiger partial charge in [-0.05, 0) is 19.4 Å². The van der Waals surface area contributed by atoms with Crippen molar-refractivity contribution in [1.82, 2.24) is 4.90 Å². The minimum absolute atomic E-state index is 0.0801. The molecule has 5 heteroatoms. The molecular weight excluding hydrogens is 246 g/mol. The van der Waals surface area contributed by atoms with Crippen molar-refractivity contribution in [3.63, 3.8) is 0 Å². The van der Waals surface area contributed by atoms with Crippen molar-refractivity contribution in [2.24, 2.45) is 0 Å². The summed E-state index contributed by atoms with van der Waals surface area (Å²) in [6.07, 6.45) is -1.03. The predicted molar refractivity (Wildman–Crippen MR) is 68.5 cm³/mol. The molecule has 1 aromatic carbocycles. The van der Waals surface area contributed by atoms with Crippen LogP contribution in [0.3, 0.4) is 0 Å². The number of carbonyl (C=O) groups excluding carboxylic acids is 1. The number of morpholine rings is 1. The molecule has 1 amide bonds. The number of aliphatic carboxylic acids is 1.